The van der Waals surface area contributed by atoms with Gasteiger partial charge in [0, 0.05) is 11.9 Å². The van der Waals surface area contributed by atoms with E-state index in [-0.39, 0.29) is 17.4 Å². The number of hydrogen-bond acceptors (Lipinski definition) is 2. The molecule has 0 aliphatic carbocycles. The Labute approximate surface area is 141 Å². The fourth-order valence-corrected chi connectivity index (χ4v) is 2.72. The zero-order valence-electron chi connectivity index (χ0n) is 13.8. The molecule has 0 aliphatic rings. The van der Waals surface area contributed by atoms with Crippen molar-refractivity contribution >= 4 is 10.9 Å². The Morgan fingerprint density at radius 2 is 1.60 bits per heavy atom. The largest absolute Gasteiger partial charge is 0.433 e. The number of alkyl halides is 6. The maximum absolute atomic E-state index is 13.2. The van der Waals surface area contributed by atoms with Gasteiger partial charge in [-0.25, -0.2) is 4.98 Å². The van der Waals surface area contributed by atoms with E-state index in [4.69, 9.17) is 0 Å². The maximum atomic E-state index is 13.2. The number of nitrogens with zero attached hydrogens (tertiary/aromatic N) is 2. The van der Waals surface area contributed by atoms with E-state index in [1.165, 1.54) is 12.1 Å². The molecule has 0 spiro atoms. The number of hydrogen-bond donors (Lipinski definition) is 0. The zero-order chi connectivity index (χ0) is 18.8. The van der Waals surface area contributed by atoms with Crippen LogP contribution in [0.15, 0.2) is 24.3 Å². The lowest BCUT2D eigenvalue weighted by molar-refractivity contribution is -0.142. The second-order valence-corrected chi connectivity index (χ2v) is 5.64. The summed E-state index contributed by atoms with van der Waals surface area (Å²) < 4.78 is 78.8. The first-order valence-electron chi connectivity index (χ1n) is 7.87. The molecule has 0 bridgehead atoms. The van der Waals surface area contributed by atoms with Crippen molar-refractivity contribution in [3.8, 4) is 0 Å². The third kappa shape index (κ3) is 4.42. The first kappa shape index (κ1) is 19.5. The second-order valence-electron chi connectivity index (χ2n) is 5.64. The van der Waals surface area contributed by atoms with Gasteiger partial charge in [0.1, 0.15) is 5.69 Å². The summed E-state index contributed by atoms with van der Waals surface area (Å²) in [6, 6.07) is 4.19. The number of halogens is 6. The summed E-state index contributed by atoms with van der Waals surface area (Å²) in [4.78, 5) is 5.28. The minimum Gasteiger partial charge on any atom is -0.304 e. The van der Waals surface area contributed by atoms with Crippen LogP contribution in [-0.4, -0.2) is 29.5 Å². The molecule has 0 fully saturated rings. The molecule has 0 amide bonds. The van der Waals surface area contributed by atoms with Gasteiger partial charge in [0.2, 0.25) is 0 Å². The molecule has 2 rings (SSSR count). The highest BCUT2D eigenvalue weighted by atomic mass is 19.4. The molecule has 0 aliphatic heterocycles. The van der Waals surface area contributed by atoms with Gasteiger partial charge in [-0.2, -0.15) is 26.3 Å². The Morgan fingerprint density at radius 3 is 2.12 bits per heavy atom. The Kier molecular flexibility index (Phi) is 5.61. The van der Waals surface area contributed by atoms with Crippen LogP contribution in [0.2, 0.25) is 0 Å². The van der Waals surface area contributed by atoms with Crippen molar-refractivity contribution in [2.24, 2.45) is 0 Å². The van der Waals surface area contributed by atoms with Crippen LogP contribution >= 0.6 is 0 Å². The van der Waals surface area contributed by atoms with Gasteiger partial charge < -0.3 is 4.90 Å². The van der Waals surface area contributed by atoms with Gasteiger partial charge >= 0.3 is 12.4 Å². The van der Waals surface area contributed by atoms with Crippen molar-refractivity contribution in [3.63, 3.8) is 0 Å². The molecule has 1 aromatic carbocycles. The minimum absolute atomic E-state index is 0.106. The lowest BCUT2D eigenvalue weighted by Gasteiger charge is -2.20. The van der Waals surface area contributed by atoms with E-state index in [2.05, 4.69) is 4.98 Å². The Hall–Kier alpha value is -1.83. The molecule has 0 radical (unpaired) electrons. The molecule has 138 valence electrons. The van der Waals surface area contributed by atoms with Gasteiger partial charge in [0.05, 0.1) is 11.1 Å². The highest BCUT2D eigenvalue weighted by Crippen LogP contribution is 2.37. The second kappa shape index (κ2) is 7.19. The average Bonchev–Trinajstić information content (AvgIpc) is 2.53. The smallest absolute Gasteiger partial charge is 0.304 e. The summed E-state index contributed by atoms with van der Waals surface area (Å²) >= 11 is 0. The van der Waals surface area contributed by atoms with Crippen molar-refractivity contribution in [1.29, 1.82) is 0 Å². The van der Waals surface area contributed by atoms with Crippen LogP contribution in [0.3, 0.4) is 0 Å². The fraction of sp³-hybridized carbons (Fsp3) is 0.471. The maximum Gasteiger partial charge on any atom is 0.433 e. The lowest BCUT2D eigenvalue weighted by atomic mass is 10.0. The zero-order valence-corrected chi connectivity index (χ0v) is 13.8. The SMILES string of the molecule is CCN(CC)CCc1cc(C(F)(F)F)nc2c(C(F)(F)F)cccc12. The Balaban J connectivity index is 2.63. The van der Waals surface area contributed by atoms with E-state index in [1.807, 2.05) is 18.7 Å². The number of fused-ring (bicyclic) bond motifs is 1. The molecule has 1 aromatic heterocycles. The van der Waals surface area contributed by atoms with Gasteiger partial charge in [0.25, 0.3) is 0 Å². The topological polar surface area (TPSA) is 16.1 Å². The molecule has 1 heterocycles. The summed E-state index contributed by atoms with van der Waals surface area (Å²) in [6.07, 6.45) is -9.37. The van der Waals surface area contributed by atoms with Crippen molar-refractivity contribution in [3.05, 3.63) is 41.1 Å². The molecule has 0 atom stereocenters. The third-order valence-corrected chi connectivity index (χ3v) is 4.11. The van der Waals surface area contributed by atoms with E-state index in [9.17, 15) is 26.3 Å². The van der Waals surface area contributed by atoms with Crippen molar-refractivity contribution in [1.82, 2.24) is 9.88 Å². The van der Waals surface area contributed by atoms with Crippen molar-refractivity contribution < 1.29 is 26.3 Å². The average molecular weight is 364 g/mol. The number of aromatic nitrogens is 1. The molecular formula is C17H18F6N2. The molecule has 2 aromatic rings. The van der Waals surface area contributed by atoms with E-state index in [0.717, 1.165) is 12.1 Å². The molecule has 2 nitrogen and oxygen atoms in total. The van der Waals surface area contributed by atoms with E-state index in [1.54, 1.807) is 0 Å². The quantitative estimate of drug-likeness (QED) is 0.682. The third-order valence-electron chi connectivity index (χ3n) is 4.11. The van der Waals surface area contributed by atoms with Crippen LogP contribution in [-0.2, 0) is 18.8 Å². The van der Waals surface area contributed by atoms with Crippen molar-refractivity contribution in [2.45, 2.75) is 32.6 Å². The van der Waals surface area contributed by atoms with Crippen LogP contribution in [0.25, 0.3) is 10.9 Å². The first-order valence-corrected chi connectivity index (χ1v) is 7.87. The van der Waals surface area contributed by atoms with Crippen molar-refractivity contribution in [2.75, 3.05) is 19.6 Å². The summed E-state index contributed by atoms with van der Waals surface area (Å²) in [6.45, 7) is 5.70. The fourth-order valence-electron chi connectivity index (χ4n) is 2.72. The van der Waals surface area contributed by atoms with Gasteiger partial charge in [-0.05, 0) is 37.2 Å². The predicted molar refractivity (Wildman–Crippen MR) is 83.2 cm³/mol. The van der Waals surface area contributed by atoms with Gasteiger partial charge in [-0.15, -0.1) is 0 Å². The highest BCUT2D eigenvalue weighted by molar-refractivity contribution is 5.86. The first-order chi connectivity index (χ1) is 11.6. The van der Waals surface area contributed by atoms with E-state index in [0.29, 0.717) is 19.6 Å². The minimum atomic E-state index is -4.81. The number of pyridine rings is 1. The molecule has 0 saturated carbocycles. The number of benzene rings is 1. The number of likely N-dealkylation sites (N-methyl/N-ethyl adjacent to an activating group) is 1. The van der Waals surface area contributed by atoms with Crippen LogP contribution in [0.1, 0.15) is 30.7 Å². The van der Waals surface area contributed by atoms with Crippen LogP contribution in [0, 0.1) is 0 Å². The Bertz CT molecular complexity index is 732. The van der Waals surface area contributed by atoms with Crippen LogP contribution in [0.5, 0.6) is 0 Å². The molecule has 0 saturated heterocycles. The summed E-state index contributed by atoms with van der Waals surface area (Å²) in [5.41, 5.74) is -2.89. The van der Waals surface area contributed by atoms with Gasteiger partial charge in [-0.1, -0.05) is 26.0 Å². The standard InChI is InChI=1S/C17H18F6N2/c1-3-25(4-2)9-8-11-10-14(17(21,22)23)24-15-12(11)6-5-7-13(15)16(18,19)20/h5-7,10H,3-4,8-9H2,1-2H3. The molecule has 0 unspecified atom stereocenters. The summed E-state index contributed by atoms with van der Waals surface area (Å²) in [5, 5.41) is 0.106. The highest BCUT2D eigenvalue weighted by Gasteiger charge is 2.37. The van der Waals surface area contributed by atoms with E-state index < -0.39 is 29.1 Å². The monoisotopic (exact) mass is 364 g/mol. The molecule has 0 N–H and O–H groups in total. The van der Waals surface area contributed by atoms with E-state index >= 15 is 0 Å². The summed E-state index contributed by atoms with van der Waals surface area (Å²) in [5.74, 6) is 0. The number of rotatable bonds is 5. The molecule has 8 heteroatoms. The predicted octanol–water partition coefficient (Wildman–Crippen LogP) is 5.16. The molecular weight excluding hydrogens is 346 g/mol. The van der Waals surface area contributed by atoms with Gasteiger partial charge in [0.15, 0.2) is 0 Å². The van der Waals surface area contributed by atoms with Crippen LogP contribution in [0.4, 0.5) is 26.3 Å². The number of para-hydroxylation sites is 1. The van der Waals surface area contributed by atoms with Gasteiger partial charge in [-0.3, -0.25) is 0 Å². The molecule has 25 heavy (non-hydrogen) atoms. The summed E-state index contributed by atoms with van der Waals surface area (Å²) in [7, 11) is 0. The normalized spacial score (nSPS) is 13.0. The Morgan fingerprint density at radius 1 is 0.960 bits per heavy atom. The lowest BCUT2D eigenvalue weighted by Crippen LogP contribution is -2.25. The van der Waals surface area contributed by atoms with Crippen LogP contribution < -0.4 is 0 Å².